The Morgan fingerprint density at radius 2 is 1.83 bits per heavy atom. The number of likely N-dealkylation sites (tertiary alicyclic amines) is 1. The van der Waals surface area contributed by atoms with E-state index < -0.39 is 30.6 Å². The van der Waals surface area contributed by atoms with Crippen molar-refractivity contribution >= 4 is 23.4 Å². The van der Waals surface area contributed by atoms with Gasteiger partial charge in [-0.05, 0) is 25.0 Å². The van der Waals surface area contributed by atoms with Crippen molar-refractivity contribution in [3.05, 3.63) is 24.3 Å². The van der Waals surface area contributed by atoms with Gasteiger partial charge in [0.2, 0.25) is 17.7 Å². The molecule has 1 aromatic carbocycles. The number of nitrogens with zero attached hydrogens (tertiary/aromatic N) is 2. The molecule has 0 aliphatic carbocycles. The summed E-state index contributed by atoms with van der Waals surface area (Å²) in [5.41, 5.74) is 0.641. The topological polar surface area (TPSA) is 79.0 Å². The molecular formula is C19H22F3N3O4. The number of amides is 3. The van der Waals surface area contributed by atoms with Crippen molar-refractivity contribution in [2.45, 2.75) is 37.9 Å². The molecule has 1 atom stereocenters. The third kappa shape index (κ3) is 5.18. The van der Waals surface area contributed by atoms with Gasteiger partial charge >= 0.3 is 6.18 Å². The van der Waals surface area contributed by atoms with E-state index in [2.05, 4.69) is 0 Å². The highest BCUT2D eigenvalue weighted by Gasteiger charge is 2.36. The summed E-state index contributed by atoms with van der Waals surface area (Å²) >= 11 is 0. The van der Waals surface area contributed by atoms with Crippen LogP contribution in [0.15, 0.2) is 24.3 Å². The Labute approximate surface area is 165 Å². The smallest absolute Gasteiger partial charge is 0.405 e. The maximum atomic E-state index is 12.6. The van der Waals surface area contributed by atoms with Crippen molar-refractivity contribution in [3.63, 3.8) is 0 Å². The van der Waals surface area contributed by atoms with Gasteiger partial charge in [-0.3, -0.25) is 14.4 Å². The molecular weight excluding hydrogens is 391 g/mol. The fourth-order valence-electron chi connectivity index (χ4n) is 3.56. The lowest BCUT2D eigenvalue weighted by molar-refractivity contribution is -0.145. The van der Waals surface area contributed by atoms with Crippen molar-refractivity contribution in [1.82, 2.24) is 10.2 Å². The summed E-state index contributed by atoms with van der Waals surface area (Å²) in [4.78, 5) is 40.0. The van der Waals surface area contributed by atoms with Crippen LogP contribution in [0.25, 0.3) is 0 Å². The number of carbonyl (C=O) groups excluding carboxylic acids is 3. The maximum Gasteiger partial charge on any atom is 0.405 e. The van der Waals surface area contributed by atoms with E-state index in [1.54, 1.807) is 29.2 Å². The quantitative estimate of drug-likeness (QED) is 0.799. The van der Waals surface area contributed by atoms with Crippen LogP contribution in [-0.2, 0) is 14.4 Å². The van der Waals surface area contributed by atoms with Crippen LogP contribution in [0.4, 0.5) is 18.9 Å². The molecule has 2 heterocycles. The van der Waals surface area contributed by atoms with Gasteiger partial charge in [0.15, 0.2) is 0 Å². The number of alkyl halides is 3. The molecule has 1 aromatic rings. The minimum atomic E-state index is -4.51. The molecule has 1 saturated heterocycles. The lowest BCUT2D eigenvalue weighted by Gasteiger charge is -2.30. The van der Waals surface area contributed by atoms with Crippen LogP contribution in [0.2, 0.25) is 0 Å². The fourth-order valence-corrected chi connectivity index (χ4v) is 3.56. The molecule has 2 aliphatic heterocycles. The monoisotopic (exact) mass is 413 g/mol. The summed E-state index contributed by atoms with van der Waals surface area (Å²) in [6.45, 7) is -0.419. The summed E-state index contributed by atoms with van der Waals surface area (Å²) in [5, 5.41) is 1.83. The number of fused-ring (bicyclic) bond motifs is 1. The molecule has 3 amide bonds. The highest BCUT2D eigenvalue weighted by Crippen LogP contribution is 2.31. The Bertz CT molecular complexity index is 784. The van der Waals surface area contributed by atoms with Gasteiger partial charge in [-0.2, -0.15) is 13.2 Å². The minimum Gasteiger partial charge on any atom is -0.490 e. The molecule has 29 heavy (non-hydrogen) atoms. The number of ether oxygens (including phenoxy) is 1. The van der Waals surface area contributed by atoms with Gasteiger partial charge in [-0.25, -0.2) is 0 Å². The molecule has 1 unspecified atom stereocenters. The van der Waals surface area contributed by atoms with Crippen molar-refractivity contribution in [1.29, 1.82) is 0 Å². The molecule has 0 bridgehead atoms. The molecule has 3 rings (SSSR count). The predicted octanol–water partition coefficient (Wildman–Crippen LogP) is 1.86. The third-order valence-corrected chi connectivity index (χ3v) is 4.92. The SMILES string of the molecule is O=C(NCC(F)(F)F)C1CCCN1C(=O)CCC(=O)N1CCOc2ccccc21. The van der Waals surface area contributed by atoms with Gasteiger partial charge in [-0.1, -0.05) is 12.1 Å². The van der Waals surface area contributed by atoms with Crippen molar-refractivity contribution in [3.8, 4) is 5.75 Å². The summed E-state index contributed by atoms with van der Waals surface area (Å²) in [5.74, 6) is -0.878. The van der Waals surface area contributed by atoms with Crippen LogP contribution in [0.3, 0.4) is 0 Å². The number of anilines is 1. The number of halogens is 3. The number of nitrogens with one attached hydrogen (secondary N) is 1. The molecule has 158 valence electrons. The number of para-hydroxylation sites is 2. The van der Waals surface area contributed by atoms with Crippen LogP contribution in [0.1, 0.15) is 25.7 Å². The van der Waals surface area contributed by atoms with Crippen LogP contribution in [0, 0.1) is 0 Å². The summed E-state index contributed by atoms with van der Waals surface area (Å²) < 4.78 is 42.4. The van der Waals surface area contributed by atoms with Crippen LogP contribution < -0.4 is 15.0 Å². The summed E-state index contributed by atoms with van der Waals surface area (Å²) in [7, 11) is 0. The first-order valence-corrected chi connectivity index (χ1v) is 9.42. The Hall–Kier alpha value is -2.78. The number of carbonyl (C=O) groups is 3. The van der Waals surface area contributed by atoms with E-state index in [0.29, 0.717) is 37.4 Å². The second-order valence-electron chi connectivity index (χ2n) is 6.94. The Morgan fingerprint density at radius 3 is 2.59 bits per heavy atom. The maximum absolute atomic E-state index is 12.6. The van der Waals surface area contributed by atoms with E-state index in [4.69, 9.17) is 4.74 Å². The number of hydrogen-bond acceptors (Lipinski definition) is 4. The van der Waals surface area contributed by atoms with Gasteiger partial charge in [0.25, 0.3) is 0 Å². The highest BCUT2D eigenvalue weighted by atomic mass is 19.4. The van der Waals surface area contributed by atoms with E-state index >= 15 is 0 Å². The Morgan fingerprint density at radius 1 is 1.10 bits per heavy atom. The molecule has 10 heteroatoms. The lowest BCUT2D eigenvalue weighted by atomic mass is 10.1. The zero-order valence-electron chi connectivity index (χ0n) is 15.7. The number of benzene rings is 1. The van der Waals surface area contributed by atoms with Gasteiger partial charge in [-0.15, -0.1) is 0 Å². The largest absolute Gasteiger partial charge is 0.490 e. The fraction of sp³-hybridized carbons (Fsp3) is 0.526. The van der Waals surface area contributed by atoms with Crippen molar-refractivity contribution in [2.24, 2.45) is 0 Å². The first-order valence-electron chi connectivity index (χ1n) is 9.42. The van der Waals surface area contributed by atoms with Crippen LogP contribution >= 0.6 is 0 Å². The average Bonchev–Trinajstić information content (AvgIpc) is 3.19. The average molecular weight is 413 g/mol. The Kier molecular flexibility index (Phi) is 6.29. The number of rotatable bonds is 5. The standard InChI is InChI=1S/C19H22F3N3O4/c20-19(21,22)12-23-18(28)14-5-3-9-24(14)16(26)7-8-17(27)25-10-11-29-15-6-2-1-4-13(15)25/h1-2,4,6,14H,3,5,7-12H2,(H,23,28). The zero-order chi connectivity index (χ0) is 21.0. The van der Waals surface area contributed by atoms with E-state index in [9.17, 15) is 27.6 Å². The first-order chi connectivity index (χ1) is 13.8. The summed E-state index contributed by atoms with van der Waals surface area (Å²) in [6, 6.07) is 6.18. The summed E-state index contributed by atoms with van der Waals surface area (Å²) in [6.07, 6.45) is -3.84. The van der Waals surface area contributed by atoms with Crippen molar-refractivity contribution < 1.29 is 32.3 Å². The zero-order valence-corrected chi connectivity index (χ0v) is 15.7. The van der Waals surface area contributed by atoms with E-state index in [-0.39, 0.29) is 25.3 Å². The van der Waals surface area contributed by atoms with Gasteiger partial charge < -0.3 is 19.9 Å². The lowest BCUT2D eigenvalue weighted by Crippen LogP contribution is -2.48. The predicted molar refractivity (Wildman–Crippen MR) is 97.3 cm³/mol. The van der Waals surface area contributed by atoms with Gasteiger partial charge in [0.05, 0.1) is 12.2 Å². The van der Waals surface area contributed by atoms with Gasteiger partial charge in [0.1, 0.15) is 24.9 Å². The van der Waals surface area contributed by atoms with Crippen molar-refractivity contribution in [2.75, 3.05) is 31.1 Å². The Balaban J connectivity index is 1.55. The molecule has 1 fully saturated rings. The molecule has 0 radical (unpaired) electrons. The third-order valence-electron chi connectivity index (χ3n) is 4.92. The van der Waals surface area contributed by atoms with Gasteiger partial charge in [0, 0.05) is 19.4 Å². The van der Waals surface area contributed by atoms with E-state index in [0.717, 1.165) is 0 Å². The van der Waals surface area contributed by atoms with Crippen LogP contribution in [-0.4, -0.2) is 61.1 Å². The second-order valence-corrected chi connectivity index (χ2v) is 6.94. The minimum absolute atomic E-state index is 0.0550. The molecule has 0 saturated carbocycles. The van der Waals surface area contributed by atoms with E-state index in [1.165, 1.54) is 4.90 Å². The van der Waals surface area contributed by atoms with Crippen LogP contribution in [0.5, 0.6) is 5.75 Å². The molecule has 7 nitrogen and oxygen atoms in total. The number of hydrogen-bond donors (Lipinski definition) is 1. The van der Waals surface area contributed by atoms with E-state index in [1.807, 2.05) is 5.32 Å². The second kappa shape index (κ2) is 8.71. The molecule has 1 N–H and O–H groups in total. The normalized spacial score (nSPS) is 18.8. The first kappa shape index (κ1) is 20.9. The molecule has 0 aromatic heterocycles. The molecule has 0 spiro atoms. The molecule has 2 aliphatic rings. The highest BCUT2D eigenvalue weighted by molar-refractivity contribution is 5.97.